The average Bonchev–Trinajstić information content (AvgIpc) is 2.40. The second-order valence-corrected chi connectivity index (χ2v) is 3.81. The summed E-state index contributed by atoms with van der Waals surface area (Å²) in [6.45, 7) is 1.88. The molecule has 0 atom stereocenters. The molecule has 2 rings (SSSR count). The molecule has 0 spiro atoms. The highest BCUT2D eigenvalue weighted by Gasteiger charge is 2.17. The van der Waals surface area contributed by atoms with Gasteiger partial charge in [-0.2, -0.15) is 0 Å². The number of aromatic nitrogens is 2. The van der Waals surface area contributed by atoms with Crippen molar-refractivity contribution in [2.75, 3.05) is 25.9 Å². The van der Waals surface area contributed by atoms with Crippen molar-refractivity contribution < 1.29 is 4.79 Å². The first-order chi connectivity index (χ1) is 7.20. The van der Waals surface area contributed by atoms with Crippen LogP contribution in [0.25, 0.3) is 0 Å². The first kappa shape index (κ1) is 10.0. The van der Waals surface area contributed by atoms with E-state index < -0.39 is 0 Å². The van der Waals surface area contributed by atoms with Gasteiger partial charge in [0.15, 0.2) is 6.29 Å². The van der Waals surface area contributed by atoms with Crippen LogP contribution in [-0.2, 0) is 12.8 Å². The molecule has 1 aromatic rings. The fourth-order valence-corrected chi connectivity index (χ4v) is 1.86. The van der Waals surface area contributed by atoms with Gasteiger partial charge in [-0.25, -0.2) is 9.97 Å². The molecule has 0 amide bonds. The zero-order valence-electron chi connectivity index (χ0n) is 8.73. The highest BCUT2D eigenvalue weighted by Crippen LogP contribution is 2.16. The van der Waals surface area contributed by atoms with Crippen LogP contribution in [0.15, 0.2) is 0 Å². The Morgan fingerprint density at radius 1 is 1.33 bits per heavy atom. The first-order valence-electron chi connectivity index (χ1n) is 4.99. The van der Waals surface area contributed by atoms with Crippen molar-refractivity contribution in [3.05, 3.63) is 17.0 Å². The normalized spacial score (nSPS) is 16.9. The third-order valence-corrected chi connectivity index (χ3v) is 2.73. The molecule has 5 nitrogen and oxygen atoms in total. The lowest BCUT2D eigenvalue weighted by molar-refractivity contribution is 0.111. The van der Waals surface area contributed by atoms with Gasteiger partial charge in [-0.05, 0) is 13.5 Å². The zero-order chi connectivity index (χ0) is 10.8. The van der Waals surface area contributed by atoms with Crippen LogP contribution in [-0.4, -0.2) is 41.3 Å². The molecule has 0 unspecified atom stereocenters. The van der Waals surface area contributed by atoms with Crippen molar-refractivity contribution >= 4 is 12.2 Å². The van der Waals surface area contributed by atoms with Crippen LogP contribution in [0.3, 0.4) is 0 Å². The summed E-state index contributed by atoms with van der Waals surface area (Å²) >= 11 is 0. The van der Waals surface area contributed by atoms with Crippen LogP contribution in [0.4, 0.5) is 5.95 Å². The van der Waals surface area contributed by atoms with E-state index in [1.54, 1.807) is 0 Å². The Balaban J connectivity index is 2.46. The second-order valence-electron chi connectivity index (χ2n) is 3.81. The van der Waals surface area contributed by atoms with Crippen molar-refractivity contribution in [3.8, 4) is 0 Å². The minimum atomic E-state index is 0.195. The molecule has 0 aromatic carbocycles. The number of nitrogens with two attached hydrogens (primary N) is 1. The molecule has 0 radical (unpaired) electrons. The number of nitrogens with zero attached hydrogens (tertiary/aromatic N) is 3. The molecule has 80 valence electrons. The second kappa shape index (κ2) is 3.94. The van der Waals surface area contributed by atoms with Gasteiger partial charge < -0.3 is 10.6 Å². The molecule has 0 bridgehead atoms. The standard InChI is InChI=1S/C10H14N4O/c1-14-4-2-7-8(3-5-14)12-10(11)13-9(7)6-15/h6H,2-5H2,1H3,(H2,11,12,13). The Labute approximate surface area is 88.3 Å². The molecule has 15 heavy (non-hydrogen) atoms. The van der Waals surface area contributed by atoms with E-state index in [1.165, 1.54) is 0 Å². The van der Waals surface area contributed by atoms with Gasteiger partial charge in [0, 0.05) is 25.1 Å². The number of carbonyl (C=O) groups is 1. The Morgan fingerprint density at radius 2 is 2.07 bits per heavy atom. The number of carbonyl (C=O) groups excluding carboxylic acids is 1. The summed E-state index contributed by atoms with van der Waals surface area (Å²) in [5.41, 5.74) is 7.89. The summed E-state index contributed by atoms with van der Waals surface area (Å²) in [7, 11) is 2.06. The fraction of sp³-hybridized carbons (Fsp3) is 0.500. The molecular formula is C10H14N4O. The van der Waals surface area contributed by atoms with E-state index >= 15 is 0 Å². The summed E-state index contributed by atoms with van der Waals surface area (Å²) < 4.78 is 0. The van der Waals surface area contributed by atoms with Gasteiger partial charge in [0.1, 0.15) is 5.69 Å². The number of aldehydes is 1. The van der Waals surface area contributed by atoms with Crippen LogP contribution < -0.4 is 5.73 Å². The fourth-order valence-electron chi connectivity index (χ4n) is 1.86. The largest absolute Gasteiger partial charge is 0.368 e. The van der Waals surface area contributed by atoms with Gasteiger partial charge in [-0.15, -0.1) is 0 Å². The van der Waals surface area contributed by atoms with Crippen LogP contribution in [0.2, 0.25) is 0 Å². The molecule has 1 aliphatic rings. The average molecular weight is 206 g/mol. The molecule has 1 aromatic heterocycles. The smallest absolute Gasteiger partial charge is 0.220 e. The lowest BCUT2D eigenvalue weighted by Crippen LogP contribution is -2.20. The number of fused-ring (bicyclic) bond motifs is 1. The molecule has 0 saturated heterocycles. The van der Waals surface area contributed by atoms with Gasteiger partial charge >= 0.3 is 0 Å². The molecule has 1 aliphatic heterocycles. The highest BCUT2D eigenvalue weighted by atomic mass is 16.1. The zero-order valence-corrected chi connectivity index (χ0v) is 8.73. The Morgan fingerprint density at radius 3 is 2.80 bits per heavy atom. The summed E-state index contributed by atoms with van der Waals surface area (Å²) in [4.78, 5) is 21.2. The van der Waals surface area contributed by atoms with Crippen LogP contribution in [0.5, 0.6) is 0 Å². The predicted molar refractivity (Wildman–Crippen MR) is 56.7 cm³/mol. The summed E-state index contributed by atoms with van der Waals surface area (Å²) in [5, 5.41) is 0. The number of nitrogen functional groups attached to an aromatic ring is 1. The van der Waals surface area contributed by atoms with E-state index in [9.17, 15) is 4.79 Å². The van der Waals surface area contributed by atoms with Crippen molar-refractivity contribution in [3.63, 3.8) is 0 Å². The number of anilines is 1. The first-order valence-corrected chi connectivity index (χ1v) is 4.99. The highest BCUT2D eigenvalue weighted by molar-refractivity contribution is 5.75. The van der Waals surface area contributed by atoms with E-state index in [4.69, 9.17) is 5.73 Å². The topological polar surface area (TPSA) is 72.1 Å². The number of rotatable bonds is 1. The van der Waals surface area contributed by atoms with Crippen molar-refractivity contribution in [1.29, 1.82) is 0 Å². The van der Waals surface area contributed by atoms with E-state index in [0.717, 1.165) is 43.5 Å². The Bertz CT molecular complexity index is 391. The van der Waals surface area contributed by atoms with Crippen molar-refractivity contribution in [2.45, 2.75) is 12.8 Å². The predicted octanol–water partition coefficient (Wildman–Crippen LogP) is -0.0983. The summed E-state index contributed by atoms with van der Waals surface area (Å²) in [6.07, 6.45) is 2.42. The third kappa shape index (κ3) is 1.97. The molecule has 0 fully saturated rings. The lowest BCUT2D eigenvalue weighted by atomic mass is 10.1. The minimum absolute atomic E-state index is 0.195. The molecule has 2 heterocycles. The van der Waals surface area contributed by atoms with E-state index in [2.05, 4.69) is 21.9 Å². The minimum Gasteiger partial charge on any atom is -0.368 e. The van der Waals surface area contributed by atoms with Crippen molar-refractivity contribution in [2.24, 2.45) is 0 Å². The SMILES string of the molecule is CN1CCc2nc(N)nc(C=O)c2CC1. The molecule has 0 saturated carbocycles. The number of hydrogen-bond acceptors (Lipinski definition) is 5. The van der Waals surface area contributed by atoms with E-state index in [0.29, 0.717) is 5.69 Å². The van der Waals surface area contributed by atoms with Crippen LogP contribution in [0.1, 0.15) is 21.7 Å². The van der Waals surface area contributed by atoms with Crippen molar-refractivity contribution in [1.82, 2.24) is 14.9 Å². The van der Waals surface area contributed by atoms with Gasteiger partial charge in [0.05, 0.1) is 5.69 Å². The summed E-state index contributed by atoms with van der Waals surface area (Å²) in [6, 6.07) is 0. The maximum atomic E-state index is 10.9. The van der Waals surface area contributed by atoms with Gasteiger partial charge in [0.25, 0.3) is 0 Å². The van der Waals surface area contributed by atoms with Gasteiger partial charge in [0.2, 0.25) is 5.95 Å². The molecule has 2 N–H and O–H groups in total. The number of likely N-dealkylation sites (N-methyl/N-ethyl adjacent to an activating group) is 1. The lowest BCUT2D eigenvalue weighted by Gasteiger charge is -2.10. The summed E-state index contributed by atoms with van der Waals surface area (Å²) in [5.74, 6) is 0.195. The Kier molecular flexibility index (Phi) is 2.64. The third-order valence-electron chi connectivity index (χ3n) is 2.73. The van der Waals surface area contributed by atoms with Gasteiger partial charge in [-0.1, -0.05) is 0 Å². The van der Waals surface area contributed by atoms with Gasteiger partial charge in [-0.3, -0.25) is 4.79 Å². The quantitative estimate of drug-likeness (QED) is 0.650. The van der Waals surface area contributed by atoms with Crippen LogP contribution in [0, 0.1) is 0 Å². The maximum absolute atomic E-state index is 10.9. The molecular weight excluding hydrogens is 192 g/mol. The molecule has 5 heteroatoms. The molecule has 0 aliphatic carbocycles. The maximum Gasteiger partial charge on any atom is 0.220 e. The van der Waals surface area contributed by atoms with E-state index in [-0.39, 0.29) is 5.95 Å². The Hall–Kier alpha value is -1.49. The van der Waals surface area contributed by atoms with E-state index in [1.807, 2.05) is 0 Å². The van der Waals surface area contributed by atoms with Crippen LogP contribution >= 0.6 is 0 Å². The number of hydrogen-bond donors (Lipinski definition) is 1. The monoisotopic (exact) mass is 206 g/mol.